The van der Waals surface area contributed by atoms with Crippen molar-refractivity contribution >= 4 is 23.8 Å². The van der Waals surface area contributed by atoms with Crippen LogP contribution in [-0.2, 0) is 16.0 Å². The summed E-state index contributed by atoms with van der Waals surface area (Å²) in [6, 6.07) is 12.8. The summed E-state index contributed by atoms with van der Waals surface area (Å²) in [6.45, 7) is -0.366. The molecule has 0 saturated carbocycles. The summed E-state index contributed by atoms with van der Waals surface area (Å²) in [5, 5.41) is 22.9. The van der Waals surface area contributed by atoms with Gasteiger partial charge in [-0.3, -0.25) is 9.59 Å². The second-order valence-electron chi connectivity index (χ2n) is 5.71. The number of benzene rings is 2. The lowest BCUT2D eigenvalue weighted by Crippen LogP contribution is -2.46. The van der Waals surface area contributed by atoms with Crippen LogP contribution in [-0.4, -0.2) is 46.6 Å². The summed E-state index contributed by atoms with van der Waals surface area (Å²) in [5.41, 5.74) is 1.03. The van der Waals surface area contributed by atoms with Gasteiger partial charge < -0.3 is 20.8 Å². The van der Waals surface area contributed by atoms with Crippen LogP contribution in [0.15, 0.2) is 54.6 Å². The summed E-state index contributed by atoms with van der Waals surface area (Å²) < 4.78 is 0. The molecule has 0 aliphatic carbocycles. The van der Waals surface area contributed by atoms with Gasteiger partial charge in [0.05, 0.1) is 12.1 Å². The van der Waals surface area contributed by atoms with E-state index in [1.165, 1.54) is 24.3 Å². The number of carbonyl (C=O) groups excluding carboxylic acids is 2. The van der Waals surface area contributed by atoms with Crippen molar-refractivity contribution in [1.29, 1.82) is 0 Å². The maximum absolute atomic E-state index is 12.0. The lowest BCUT2D eigenvalue weighted by molar-refractivity contribution is -0.141. The molecule has 0 unspecified atom stereocenters. The highest BCUT2D eigenvalue weighted by Gasteiger charge is 2.21. The van der Waals surface area contributed by atoms with Gasteiger partial charge in [-0.1, -0.05) is 30.3 Å². The third-order valence-corrected chi connectivity index (χ3v) is 3.72. The monoisotopic (exact) mass is 370 g/mol. The average molecular weight is 370 g/mol. The highest BCUT2D eigenvalue weighted by Crippen LogP contribution is 2.07. The summed E-state index contributed by atoms with van der Waals surface area (Å²) in [6.07, 6.45) is -0.0202. The predicted molar refractivity (Wildman–Crippen MR) is 95.4 cm³/mol. The highest BCUT2D eigenvalue weighted by atomic mass is 16.4. The topological polar surface area (TPSA) is 133 Å². The molecule has 2 amide bonds. The quantitative estimate of drug-likeness (QED) is 0.546. The van der Waals surface area contributed by atoms with E-state index in [1.54, 1.807) is 30.3 Å². The molecule has 0 radical (unpaired) electrons. The third-order valence-electron chi connectivity index (χ3n) is 3.72. The molecular weight excluding hydrogens is 352 g/mol. The predicted octanol–water partition coefficient (Wildman–Crippen LogP) is 0.927. The van der Waals surface area contributed by atoms with Crippen LogP contribution in [0.4, 0.5) is 0 Å². The van der Waals surface area contributed by atoms with Gasteiger partial charge in [-0.25, -0.2) is 9.59 Å². The van der Waals surface area contributed by atoms with Gasteiger partial charge in [0.1, 0.15) is 6.04 Å². The summed E-state index contributed by atoms with van der Waals surface area (Å²) in [5.74, 6) is -3.41. The lowest BCUT2D eigenvalue weighted by atomic mass is 10.0. The van der Waals surface area contributed by atoms with E-state index in [0.29, 0.717) is 11.1 Å². The Hall–Kier alpha value is -3.68. The Labute approximate surface area is 154 Å². The standard InChI is InChI=1S/C19H18N2O6/c22-16(11-20-17(23)13-4-2-1-3-5-13)21-15(19(26)27)10-12-6-8-14(9-7-12)18(24)25/h1-9,15H,10-11H2,(H,20,23)(H,21,22)(H,24,25)(H,26,27)/t15-/m0/s1. The molecule has 0 aliphatic rings. The van der Waals surface area contributed by atoms with Gasteiger partial charge in [-0.05, 0) is 29.8 Å². The number of aliphatic carboxylic acids is 1. The van der Waals surface area contributed by atoms with E-state index in [4.69, 9.17) is 5.11 Å². The zero-order valence-corrected chi connectivity index (χ0v) is 14.2. The van der Waals surface area contributed by atoms with E-state index in [9.17, 15) is 24.3 Å². The Bertz CT molecular complexity index is 833. The SMILES string of the molecule is O=C(CNC(=O)c1ccccc1)N[C@@H](Cc1ccc(C(=O)O)cc1)C(=O)O. The zero-order chi connectivity index (χ0) is 19.8. The third kappa shape index (κ3) is 5.96. The van der Waals surface area contributed by atoms with Crippen molar-refractivity contribution in [2.45, 2.75) is 12.5 Å². The number of carboxylic acid groups (broad SMARTS) is 2. The first-order valence-electron chi connectivity index (χ1n) is 8.04. The van der Waals surface area contributed by atoms with Crippen LogP contribution in [0.2, 0.25) is 0 Å². The van der Waals surface area contributed by atoms with Gasteiger partial charge >= 0.3 is 11.9 Å². The number of hydrogen-bond acceptors (Lipinski definition) is 4. The number of carboxylic acids is 2. The second kappa shape index (κ2) is 9.14. The second-order valence-corrected chi connectivity index (χ2v) is 5.71. The van der Waals surface area contributed by atoms with Crippen LogP contribution in [0.1, 0.15) is 26.3 Å². The maximum Gasteiger partial charge on any atom is 0.335 e. The zero-order valence-electron chi connectivity index (χ0n) is 14.2. The van der Waals surface area contributed by atoms with Gasteiger partial charge in [0, 0.05) is 12.0 Å². The van der Waals surface area contributed by atoms with Crippen LogP contribution in [0.25, 0.3) is 0 Å². The maximum atomic E-state index is 12.0. The van der Waals surface area contributed by atoms with Crippen molar-refractivity contribution in [1.82, 2.24) is 10.6 Å². The Morgan fingerprint density at radius 3 is 2.04 bits per heavy atom. The number of aromatic carboxylic acids is 1. The number of amides is 2. The Morgan fingerprint density at radius 1 is 0.852 bits per heavy atom. The van der Waals surface area contributed by atoms with Crippen LogP contribution in [0, 0.1) is 0 Å². The summed E-state index contributed by atoms with van der Waals surface area (Å²) in [4.78, 5) is 46.1. The van der Waals surface area contributed by atoms with E-state index in [0.717, 1.165) is 0 Å². The summed E-state index contributed by atoms with van der Waals surface area (Å²) >= 11 is 0. The van der Waals surface area contributed by atoms with Crippen LogP contribution in [0.3, 0.4) is 0 Å². The molecule has 2 aromatic rings. The molecular formula is C19H18N2O6. The molecule has 0 spiro atoms. The average Bonchev–Trinajstić information content (AvgIpc) is 2.66. The molecule has 27 heavy (non-hydrogen) atoms. The first-order valence-corrected chi connectivity index (χ1v) is 8.04. The van der Waals surface area contributed by atoms with E-state index in [-0.39, 0.29) is 18.5 Å². The van der Waals surface area contributed by atoms with Crippen molar-refractivity contribution in [3.05, 3.63) is 71.3 Å². The van der Waals surface area contributed by atoms with Gasteiger partial charge in [-0.15, -0.1) is 0 Å². The largest absolute Gasteiger partial charge is 0.480 e. The van der Waals surface area contributed by atoms with E-state index >= 15 is 0 Å². The van der Waals surface area contributed by atoms with Crippen molar-refractivity contribution in [2.24, 2.45) is 0 Å². The van der Waals surface area contributed by atoms with Crippen molar-refractivity contribution in [2.75, 3.05) is 6.54 Å². The van der Waals surface area contributed by atoms with E-state index in [1.807, 2.05) is 0 Å². The van der Waals surface area contributed by atoms with E-state index < -0.39 is 29.8 Å². The molecule has 140 valence electrons. The van der Waals surface area contributed by atoms with Crippen molar-refractivity contribution in [3.8, 4) is 0 Å². The summed E-state index contributed by atoms with van der Waals surface area (Å²) in [7, 11) is 0. The van der Waals surface area contributed by atoms with Crippen LogP contribution in [0.5, 0.6) is 0 Å². The van der Waals surface area contributed by atoms with Crippen LogP contribution < -0.4 is 10.6 Å². The van der Waals surface area contributed by atoms with Gasteiger partial charge in [0.25, 0.3) is 5.91 Å². The molecule has 2 aromatic carbocycles. The lowest BCUT2D eigenvalue weighted by Gasteiger charge is -2.15. The molecule has 0 saturated heterocycles. The minimum Gasteiger partial charge on any atom is -0.480 e. The molecule has 0 aliphatic heterocycles. The number of hydrogen-bond donors (Lipinski definition) is 4. The molecule has 8 nitrogen and oxygen atoms in total. The molecule has 0 bridgehead atoms. The molecule has 2 rings (SSSR count). The first kappa shape index (κ1) is 19.6. The van der Waals surface area contributed by atoms with Crippen molar-refractivity contribution in [3.63, 3.8) is 0 Å². The molecule has 8 heteroatoms. The molecule has 0 aromatic heterocycles. The minimum absolute atomic E-state index is 0.0202. The fraction of sp³-hybridized carbons (Fsp3) is 0.158. The first-order chi connectivity index (χ1) is 12.9. The van der Waals surface area contributed by atoms with Gasteiger partial charge in [-0.2, -0.15) is 0 Å². The Morgan fingerprint density at radius 2 is 1.48 bits per heavy atom. The fourth-order valence-electron chi connectivity index (χ4n) is 2.32. The Kier molecular flexibility index (Phi) is 6.65. The number of carbonyl (C=O) groups is 4. The molecule has 4 N–H and O–H groups in total. The minimum atomic E-state index is -1.24. The number of rotatable bonds is 8. The van der Waals surface area contributed by atoms with Gasteiger partial charge in [0.15, 0.2) is 0 Å². The molecule has 1 atom stereocenters. The smallest absolute Gasteiger partial charge is 0.335 e. The fourth-order valence-corrected chi connectivity index (χ4v) is 2.32. The number of nitrogens with one attached hydrogen (secondary N) is 2. The van der Waals surface area contributed by atoms with Crippen molar-refractivity contribution < 1.29 is 29.4 Å². The molecule has 0 heterocycles. The van der Waals surface area contributed by atoms with Gasteiger partial charge in [0.2, 0.25) is 5.91 Å². The van der Waals surface area contributed by atoms with E-state index in [2.05, 4.69) is 10.6 Å². The highest BCUT2D eigenvalue weighted by molar-refractivity contribution is 5.96. The normalized spacial score (nSPS) is 11.3. The Balaban J connectivity index is 1.91. The molecule has 0 fully saturated rings. The van der Waals surface area contributed by atoms with Crippen LogP contribution >= 0.6 is 0 Å².